The first kappa shape index (κ1) is 19.9. The Labute approximate surface area is 137 Å². The second-order valence-corrected chi connectivity index (χ2v) is 6.69. The predicted molar refractivity (Wildman–Crippen MR) is 77.4 cm³/mol. The lowest BCUT2D eigenvalue weighted by molar-refractivity contribution is -0.139. The molecule has 2 N–H and O–H groups in total. The van der Waals surface area contributed by atoms with E-state index in [-0.39, 0.29) is 6.42 Å². The van der Waals surface area contributed by atoms with E-state index in [0.29, 0.717) is 31.0 Å². The van der Waals surface area contributed by atoms with Gasteiger partial charge in [-0.05, 0) is 24.6 Å². The molecule has 0 spiro atoms. The standard InChI is InChI=1S/C14H15F3N2O4S/c1-2-3-4-12(13(20)21)19-24(22,23)10-5-6-11(14(15,16)17)9(7-10)8-18/h5-7,12,19H,2-4H2,1H3,(H,20,21). The number of nitrogens with one attached hydrogen (secondary N) is 1. The monoisotopic (exact) mass is 364 g/mol. The summed E-state index contributed by atoms with van der Waals surface area (Å²) in [5.74, 6) is -1.39. The average molecular weight is 364 g/mol. The van der Waals surface area contributed by atoms with Gasteiger partial charge in [-0.3, -0.25) is 4.79 Å². The van der Waals surface area contributed by atoms with Crippen LogP contribution in [0.4, 0.5) is 13.2 Å². The first-order chi connectivity index (χ1) is 11.0. The van der Waals surface area contributed by atoms with Crippen molar-refractivity contribution < 1.29 is 31.5 Å². The smallest absolute Gasteiger partial charge is 0.417 e. The molecule has 0 aliphatic rings. The van der Waals surface area contributed by atoms with Crippen molar-refractivity contribution in [3.63, 3.8) is 0 Å². The van der Waals surface area contributed by atoms with Gasteiger partial charge < -0.3 is 5.11 Å². The third-order valence-corrected chi connectivity index (χ3v) is 4.64. The quantitative estimate of drug-likeness (QED) is 0.773. The van der Waals surface area contributed by atoms with Crippen LogP contribution in [0.15, 0.2) is 23.1 Å². The second kappa shape index (κ2) is 7.63. The lowest BCUT2D eigenvalue weighted by atomic mass is 10.1. The highest BCUT2D eigenvalue weighted by Gasteiger charge is 2.34. The molecular weight excluding hydrogens is 349 g/mol. The first-order valence-electron chi connectivity index (χ1n) is 6.89. The number of rotatable bonds is 7. The zero-order valence-electron chi connectivity index (χ0n) is 12.6. The Balaban J connectivity index is 3.19. The van der Waals surface area contributed by atoms with Crippen LogP contribution in [-0.2, 0) is 21.0 Å². The van der Waals surface area contributed by atoms with E-state index in [4.69, 9.17) is 10.4 Å². The van der Waals surface area contributed by atoms with Crippen LogP contribution in [0.2, 0.25) is 0 Å². The molecule has 1 aromatic carbocycles. The van der Waals surface area contributed by atoms with Gasteiger partial charge in [-0.2, -0.15) is 23.2 Å². The van der Waals surface area contributed by atoms with Crippen LogP contribution in [0.5, 0.6) is 0 Å². The molecule has 0 bridgehead atoms. The summed E-state index contributed by atoms with van der Waals surface area (Å²) in [4.78, 5) is 10.5. The van der Waals surface area contributed by atoms with E-state index in [0.717, 1.165) is 0 Å². The maximum absolute atomic E-state index is 12.7. The van der Waals surface area contributed by atoms with E-state index < -0.39 is 44.2 Å². The van der Waals surface area contributed by atoms with Gasteiger partial charge in [0.05, 0.1) is 22.1 Å². The van der Waals surface area contributed by atoms with Gasteiger partial charge in [-0.25, -0.2) is 8.42 Å². The normalized spacial score (nSPS) is 13.3. The summed E-state index contributed by atoms with van der Waals surface area (Å²) >= 11 is 0. The van der Waals surface area contributed by atoms with Crippen LogP contribution in [0.3, 0.4) is 0 Å². The summed E-state index contributed by atoms with van der Waals surface area (Å²) in [5, 5.41) is 17.8. The largest absolute Gasteiger partial charge is 0.480 e. The van der Waals surface area contributed by atoms with E-state index in [1.807, 2.05) is 4.72 Å². The average Bonchev–Trinajstić information content (AvgIpc) is 2.49. The topological polar surface area (TPSA) is 107 Å². The Hall–Kier alpha value is -2.12. The molecule has 0 radical (unpaired) electrons. The Kier molecular flexibility index (Phi) is 6.34. The molecule has 24 heavy (non-hydrogen) atoms. The van der Waals surface area contributed by atoms with Crippen molar-refractivity contribution >= 4 is 16.0 Å². The molecule has 0 saturated carbocycles. The van der Waals surface area contributed by atoms with Crippen LogP contribution in [-0.4, -0.2) is 25.5 Å². The van der Waals surface area contributed by atoms with Crippen LogP contribution < -0.4 is 4.72 Å². The Bertz CT molecular complexity index is 754. The molecule has 132 valence electrons. The number of halogens is 3. The van der Waals surface area contributed by atoms with Crippen molar-refractivity contribution in [3.05, 3.63) is 29.3 Å². The minimum atomic E-state index is -4.80. The number of aliphatic carboxylic acids is 1. The van der Waals surface area contributed by atoms with Crippen LogP contribution in [0.25, 0.3) is 0 Å². The van der Waals surface area contributed by atoms with Crippen molar-refractivity contribution in [2.75, 3.05) is 0 Å². The van der Waals surface area contributed by atoms with E-state index >= 15 is 0 Å². The highest BCUT2D eigenvalue weighted by atomic mass is 32.2. The fourth-order valence-electron chi connectivity index (χ4n) is 1.93. The summed E-state index contributed by atoms with van der Waals surface area (Å²) in [7, 11) is -4.38. The van der Waals surface area contributed by atoms with Crippen LogP contribution in [0.1, 0.15) is 37.3 Å². The van der Waals surface area contributed by atoms with Gasteiger partial charge in [0.25, 0.3) is 0 Å². The third-order valence-electron chi connectivity index (χ3n) is 3.17. The van der Waals surface area contributed by atoms with Crippen LogP contribution in [0, 0.1) is 11.3 Å². The summed E-state index contributed by atoms with van der Waals surface area (Å²) in [6.45, 7) is 1.79. The molecule has 0 aromatic heterocycles. The number of hydrogen-bond donors (Lipinski definition) is 2. The SMILES string of the molecule is CCCCC(NS(=O)(=O)c1ccc(C(F)(F)F)c(C#N)c1)C(=O)O. The summed E-state index contributed by atoms with van der Waals surface area (Å²) in [6, 6.07) is 1.64. The van der Waals surface area contributed by atoms with E-state index in [2.05, 4.69) is 0 Å². The molecule has 1 aromatic rings. The molecule has 6 nitrogen and oxygen atoms in total. The molecule has 0 aliphatic carbocycles. The summed E-state index contributed by atoms with van der Waals surface area (Å²) in [6.07, 6.45) is -3.66. The number of nitrogens with zero attached hydrogens (tertiary/aromatic N) is 1. The second-order valence-electron chi connectivity index (χ2n) is 4.97. The van der Waals surface area contributed by atoms with Gasteiger partial charge in [0.1, 0.15) is 6.04 Å². The summed E-state index contributed by atoms with van der Waals surface area (Å²) < 4.78 is 64.5. The number of hydrogen-bond acceptors (Lipinski definition) is 4. The van der Waals surface area contributed by atoms with Crippen molar-refractivity contribution in [2.24, 2.45) is 0 Å². The van der Waals surface area contributed by atoms with Gasteiger partial charge in [0, 0.05) is 0 Å². The molecule has 1 rings (SSSR count). The molecule has 0 amide bonds. The van der Waals surface area contributed by atoms with Gasteiger partial charge in [-0.15, -0.1) is 0 Å². The lowest BCUT2D eigenvalue weighted by Crippen LogP contribution is -2.40. The number of benzene rings is 1. The fraction of sp³-hybridized carbons (Fsp3) is 0.429. The molecule has 0 fully saturated rings. The predicted octanol–water partition coefficient (Wildman–Crippen LogP) is 2.50. The molecular formula is C14H15F3N2O4S. The Morgan fingerprint density at radius 3 is 2.50 bits per heavy atom. The van der Waals surface area contributed by atoms with E-state index in [9.17, 15) is 26.4 Å². The first-order valence-corrected chi connectivity index (χ1v) is 8.37. The number of carboxylic acid groups (broad SMARTS) is 1. The summed E-state index contributed by atoms with van der Waals surface area (Å²) in [5.41, 5.74) is -2.12. The minimum absolute atomic E-state index is 0.0385. The van der Waals surface area contributed by atoms with Crippen molar-refractivity contribution in [3.8, 4) is 6.07 Å². The number of alkyl halides is 3. The maximum Gasteiger partial charge on any atom is 0.417 e. The Morgan fingerprint density at radius 2 is 2.04 bits per heavy atom. The van der Waals surface area contributed by atoms with E-state index in [1.165, 1.54) is 6.07 Å². The van der Waals surface area contributed by atoms with Gasteiger partial charge >= 0.3 is 12.1 Å². The highest BCUT2D eigenvalue weighted by Crippen LogP contribution is 2.32. The highest BCUT2D eigenvalue weighted by molar-refractivity contribution is 7.89. The number of carboxylic acids is 1. The third kappa shape index (κ3) is 4.94. The number of nitriles is 1. The number of carbonyl (C=O) groups is 1. The zero-order valence-corrected chi connectivity index (χ0v) is 13.4. The lowest BCUT2D eigenvalue weighted by Gasteiger charge is -2.15. The van der Waals surface area contributed by atoms with Crippen molar-refractivity contribution in [2.45, 2.75) is 43.3 Å². The van der Waals surface area contributed by atoms with Crippen molar-refractivity contribution in [1.29, 1.82) is 5.26 Å². The molecule has 0 aliphatic heterocycles. The Morgan fingerprint density at radius 1 is 1.42 bits per heavy atom. The molecule has 1 atom stereocenters. The van der Waals surface area contributed by atoms with E-state index in [1.54, 1.807) is 6.92 Å². The zero-order chi connectivity index (χ0) is 18.5. The van der Waals surface area contributed by atoms with Crippen molar-refractivity contribution in [1.82, 2.24) is 4.72 Å². The van der Waals surface area contributed by atoms with Gasteiger partial charge in [0.2, 0.25) is 10.0 Å². The molecule has 10 heteroatoms. The number of unbranched alkanes of at least 4 members (excludes halogenated alkanes) is 1. The van der Waals surface area contributed by atoms with Crippen LogP contribution >= 0.6 is 0 Å². The fourth-order valence-corrected chi connectivity index (χ4v) is 3.18. The molecule has 0 heterocycles. The minimum Gasteiger partial charge on any atom is -0.480 e. The molecule has 1 unspecified atom stereocenters. The number of sulfonamides is 1. The molecule has 0 saturated heterocycles. The maximum atomic E-state index is 12.7. The van der Waals surface area contributed by atoms with Gasteiger partial charge in [0.15, 0.2) is 0 Å². The van der Waals surface area contributed by atoms with Gasteiger partial charge in [-0.1, -0.05) is 19.8 Å².